The molecule has 0 unspecified atom stereocenters. The summed E-state index contributed by atoms with van der Waals surface area (Å²) in [4.78, 5) is 45.1. The van der Waals surface area contributed by atoms with E-state index in [9.17, 15) is 14.4 Å². The summed E-state index contributed by atoms with van der Waals surface area (Å²) in [5.41, 5.74) is 0.267. The Kier molecular flexibility index (Phi) is 7.87. The van der Waals surface area contributed by atoms with Crippen LogP contribution in [0.1, 0.15) is 41.5 Å². The number of ether oxygens (including phenoxy) is 2. The molecule has 0 spiro atoms. The van der Waals surface area contributed by atoms with Crippen LogP contribution in [0.2, 0.25) is 0 Å². The SMILES string of the molecule is CC(C)(C)OC(=O)N1CCN(C(=O)OC(C)(C)C)C1=Nc1ccc(NC(=O)Nc2ccccc2)cc1. The van der Waals surface area contributed by atoms with Crippen molar-refractivity contribution in [1.29, 1.82) is 0 Å². The van der Waals surface area contributed by atoms with Gasteiger partial charge in [-0.3, -0.25) is 0 Å². The summed E-state index contributed by atoms with van der Waals surface area (Å²) < 4.78 is 11.0. The van der Waals surface area contributed by atoms with Gasteiger partial charge in [0.25, 0.3) is 0 Å². The highest BCUT2D eigenvalue weighted by atomic mass is 16.6. The fraction of sp³-hybridized carbons (Fsp3) is 0.385. The molecule has 2 aromatic rings. The van der Waals surface area contributed by atoms with Crippen LogP contribution in [0.25, 0.3) is 0 Å². The van der Waals surface area contributed by atoms with Gasteiger partial charge in [-0.2, -0.15) is 0 Å². The highest BCUT2D eigenvalue weighted by Gasteiger charge is 2.39. The molecule has 1 saturated heterocycles. The van der Waals surface area contributed by atoms with Crippen LogP contribution in [-0.2, 0) is 9.47 Å². The van der Waals surface area contributed by atoms with E-state index in [1.807, 2.05) is 18.2 Å². The number of guanidine groups is 1. The van der Waals surface area contributed by atoms with Crippen molar-refractivity contribution in [3.05, 3.63) is 54.6 Å². The highest BCUT2D eigenvalue weighted by Crippen LogP contribution is 2.23. The van der Waals surface area contributed by atoms with Gasteiger partial charge in [0.05, 0.1) is 18.8 Å². The number of nitrogens with one attached hydrogen (secondary N) is 2. The van der Waals surface area contributed by atoms with Crippen molar-refractivity contribution in [3.8, 4) is 0 Å². The van der Waals surface area contributed by atoms with Crippen molar-refractivity contribution in [2.24, 2.45) is 4.99 Å². The summed E-state index contributed by atoms with van der Waals surface area (Å²) >= 11 is 0. The molecule has 2 N–H and O–H groups in total. The number of carbonyl (C=O) groups is 3. The summed E-state index contributed by atoms with van der Waals surface area (Å²) in [6.07, 6.45) is -1.22. The summed E-state index contributed by atoms with van der Waals surface area (Å²) in [7, 11) is 0. The molecule has 0 saturated carbocycles. The molecule has 36 heavy (non-hydrogen) atoms. The van der Waals surface area contributed by atoms with E-state index in [0.717, 1.165) is 0 Å². The van der Waals surface area contributed by atoms with E-state index in [0.29, 0.717) is 17.1 Å². The van der Waals surface area contributed by atoms with E-state index in [4.69, 9.17) is 9.47 Å². The molecular weight excluding hydrogens is 462 g/mol. The van der Waals surface area contributed by atoms with Gasteiger partial charge < -0.3 is 20.1 Å². The molecule has 0 aromatic heterocycles. The van der Waals surface area contributed by atoms with Gasteiger partial charge in [-0.15, -0.1) is 0 Å². The molecule has 0 atom stereocenters. The van der Waals surface area contributed by atoms with Crippen molar-refractivity contribution in [2.75, 3.05) is 23.7 Å². The molecule has 1 heterocycles. The predicted molar refractivity (Wildman–Crippen MR) is 139 cm³/mol. The number of urea groups is 1. The van der Waals surface area contributed by atoms with Crippen molar-refractivity contribution in [3.63, 3.8) is 0 Å². The Bertz CT molecular complexity index is 1080. The Labute approximate surface area is 211 Å². The number of aliphatic imine (C=N–C) groups is 1. The standard InChI is InChI=1S/C26H33N5O5/c1-25(2,3)35-23(33)30-16-17-31(24(34)36-26(4,5)6)22(30)29-20-14-12-19(13-15-20)28-21(32)27-18-10-8-7-9-11-18/h7-15H,16-17H2,1-6H3,(H2,27,28,32). The Hall–Kier alpha value is -4.08. The van der Waals surface area contributed by atoms with E-state index < -0.39 is 23.4 Å². The Morgan fingerprint density at radius 1 is 0.722 bits per heavy atom. The van der Waals surface area contributed by atoms with Crippen LogP contribution in [0, 0.1) is 0 Å². The molecule has 2 aromatic carbocycles. The number of hydrogen-bond donors (Lipinski definition) is 2. The minimum atomic E-state index is -0.713. The Morgan fingerprint density at radius 3 is 1.61 bits per heavy atom. The molecule has 10 heteroatoms. The van der Waals surface area contributed by atoms with Crippen LogP contribution in [0.4, 0.5) is 31.4 Å². The summed E-state index contributed by atoms with van der Waals surface area (Å²) in [5, 5.41) is 5.49. The lowest BCUT2D eigenvalue weighted by Gasteiger charge is -2.27. The average molecular weight is 496 g/mol. The number of carbonyl (C=O) groups excluding carboxylic acids is 3. The third kappa shape index (κ3) is 7.72. The molecule has 0 aliphatic carbocycles. The van der Waals surface area contributed by atoms with Gasteiger partial charge in [-0.1, -0.05) is 18.2 Å². The first kappa shape index (κ1) is 26.5. The maximum absolute atomic E-state index is 12.8. The quantitative estimate of drug-likeness (QED) is 0.558. The molecule has 0 bridgehead atoms. The van der Waals surface area contributed by atoms with Gasteiger partial charge in [0.1, 0.15) is 11.2 Å². The van der Waals surface area contributed by atoms with Crippen LogP contribution in [-0.4, -0.2) is 58.3 Å². The van der Waals surface area contributed by atoms with Crippen molar-refractivity contribution >= 4 is 41.2 Å². The largest absolute Gasteiger partial charge is 0.443 e. The molecule has 10 nitrogen and oxygen atoms in total. The fourth-order valence-electron chi connectivity index (χ4n) is 3.20. The van der Waals surface area contributed by atoms with Gasteiger partial charge in [-0.25, -0.2) is 29.2 Å². The molecule has 1 aliphatic heterocycles. The molecule has 0 radical (unpaired) electrons. The zero-order valence-corrected chi connectivity index (χ0v) is 21.5. The second-order valence-electron chi connectivity index (χ2n) is 10.2. The van der Waals surface area contributed by atoms with E-state index in [1.54, 1.807) is 77.9 Å². The zero-order chi connectivity index (χ0) is 26.5. The molecule has 1 fully saturated rings. The highest BCUT2D eigenvalue weighted by molar-refractivity contribution is 6.04. The van der Waals surface area contributed by atoms with Crippen molar-refractivity contribution < 1.29 is 23.9 Å². The average Bonchev–Trinajstić information content (AvgIpc) is 3.17. The number of hydrogen-bond acceptors (Lipinski definition) is 6. The van der Waals surface area contributed by atoms with Crippen LogP contribution in [0.5, 0.6) is 0 Å². The zero-order valence-electron chi connectivity index (χ0n) is 21.5. The molecule has 192 valence electrons. The summed E-state index contributed by atoms with van der Waals surface area (Å²) in [6.45, 7) is 11.0. The van der Waals surface area contributed by atoms with Crippen LogP contribution >= 0.6 is 0 Å². The number of para-hydroxylation sites is 1. The first-order valence-electron chi connectivity index (χ1n) is 11.6. The lowest BCUT2D eigenvalue weighted by Crippen LogP contribution is -2.44. The maximum Gasteiger partial charge on any atom is 0.417 e. The molecule has 4 amide bonds. The normalized spacial score (nSPS) is 13.8. The first-order valence-corrected chi connectivity index (χ1v) is 11.6. The minimum Gasteiger partial charge on any atom is -0.443 e. The summed E-state index contributed by atoms with van der Waals surface area (Å²) in [5.74, 6) is 0.112. The fourth-order valence-corrected chi connectivity index (χ4v) is 3.20. The van der Waals surface area contributed by atoms with Gasteiger partial charge in [0.15, 0.2) is 0 Å². The third-order valence-corrected chi connectivity index (χ3v) is 4.64. The molecular formula is C26H33N5O5. The van der Waals surface area contributed by atoms with E-state index >= 15 is 0 Å². The summed E-state index contributed by atoms with van der Waals surface area (Å²) in [6, 6.07) is 15.4. The molecule has 1 aliphatic rings. The maximum atomic E-state index is 12.8. The number of nitrogens with zero attached hydrogens (tertiary/aromatic N) is 3. The van der Waals surface area contributed by atoms with Crippen molar-refractivity contribution in [1.82, 2.24) is 9.80 Å². The topological polar surface area (TPSA) is 113 Å². The second kappa shape index (κ2) is 10.7. The third-order valence-electron chi connectivity index (χ3n) is 4.64. The van der Waals surface area contributed by atoms with Gasteiger partial charge in [0, 0.05) is 11.4 Å². The number of amides is 4. The van der Waals surface area contributed by atoms with E-state index in [-0.39, 0.29) is 25.1 Å². The molecule has 3 rings (SSSR count). The van der Waals surface area contributed by atoms with Gasteiger partial charge in [-0.05, 0) is 77.9 Å². The van der Waals surface area contributed by atoms with Gasteiger partial charge in [0.2, 0.25) is 5.96 Å². The first-order chi connectivity index (χ1) is 16.8. The smallest absolute Gasteiger partial charge is 0.417 e. The number of rotatable bonds is 3. The minimum absolute atomic E-state index is 0.112. The van der Waals surface area contributed by atoms with Crippen LogP contribution in [0.15, 0.2) is 59.6 Å². The number of benzene rings is 2. The lowest BCUT2D eigenvalue weighted by molar-refractivity contribution is 0.0375. The lowest BCUT2D eigenvalue weighted by atomic mass is 10.2. The second-order valence-corrected chi connectivity index (χ2v) is 10.2. The number of anilines is 2. The van der Waals surface area contributed by atoms with E-state index in [2.05, 4.69) is 15.6 Å². The van der Waals surface area contributed by atoms with Crippen LogP contribution < -0.4 is 10.6 Å². The Morgan fingerprint density at radius 2 is 1.17 bits per heavy atom. The monoisotopic (exact) mass is 495 g/mol. The van der Waals surface area contributed by atoms with E-state index in [1.165, 1.54) is 9.80 Å². The van der Waals surface area contributed by atoms with Gasteiger partial charge >= 0.3 is 18.2 Å². The Balaban J connectivity index is 1.79. The predicted octanol–water partition coefficient (Wildman–Crippen LogP) is 5.81. The van der Waals surface area contributed by atoms with Crippen molar-refractivity contribution in [2.45, 2.75) is 52.7 Å². The van der Waals surface area contributed by atoms with Crippen LogP contribution in [0.3, 0.4) is 0 Å².